The summed E-state index contributed by atoms with van der Waals surface area (Å²) in [6, 6.07) is -2.50. The number of nitrogens with two attached hydrogens (primary N) is 2. The fraction of sp³-hybridized carbons (Fsp3) is 0.700. The van der Waals surface area contributed by atoms with Gasteiger partial charge in [0.1, 0.15) is 12.6 Å². The van der Waals surface area contributed by atoms with Gasteiger partial charge in [0, 0.05) is 0 Å². The van der Waals surface area contributed by atoms with E-state index in [1.807, 2.05) is 0 Å². The topological polar surface area (TPSA) is 279 Å². The van der Waals surface area contributed by atoms with Crippen LogP contribution in [0, 0.1) is 0 Å². The molecule has 0 aromatic heterocycles. The van der Waals surface area contributed by atoms with E-state index in [1.165, 1.54) is 0 Å². The van der Waals surface area contributed by atoms with Crippen molar-refractivity contribution in [3.63, 3.8) is 0 Å². The molecular weight excluding hydrogens is 442 g/mol. The van der Waals surface area contributed by atoms with Crippen LogP contribution in [0.5, 0.6) is 0 Å². The van der Waals surface area contributed by atoms with E-state index in [-0.39, 0.29) is 11.9 Å². The van der Waals surface area contributed by atoms with Crippen LogP contribution < -0.4 is 26.8 Å². The maximum absolute atomic E-state index is 11.7. The maximum atomic E-state index is 11.7. The van der Waals surface area contributed by atoms with Crippen LogP contribution in [0.3, 0.4) is 0 Å². The van der Waals surface area contributed by atoms with E-state index in [1.54, 1.807) is 0 Å². The molecule has 1 amide bonds. The zero-order valence-corrected chi connectivity index (χ0v) is 15.9. The van der Waals surface area contributed by atoms with Gasteiger partial charge in [-0.25, -0.2) is 14.4 Å². The van der Waals surface area contributed by atoms with Crippen LogP contribution in [0.1, 0.15) is 0 Å². The molecule has 0 saturated carbocycles. The number of carbonyl (C=O) groups is 1. The first-order valence-electron chi connectivity index (χ1n) is 7.70. The number of nitrogens with zero attached hydrogens (tertiary/aromatic N) is 2. The number of ether oxygens (including phenoxy) is 1. The summed E-state index contributed by atoms with van der Waals surface area (Å²) in [5, 5.41) is 24.3. The molecule has 1 saturated heterocycles. The second kappa shape index (κ2) is 6.27. The first-order chi connectivity index (χ1) is 13.1. The predicted octanol–water partition coefficient (Wildman–Crippen LogP) is -6.25. The number of amides is 1. The number of aliphatic imine (C=N–C) groups is 1. The van der Waals surface area contributed by atoms with Crippen LogP contribution in [0.4, 0.5) is 4.79 Å². The Kier molecular flexibility index (Phi) is 4.60. The second-order valence-corrected chi connectivity index (χ2v) is 9.26. The number of guanidine groups is 2. The van der Waals surface area contributed by atoms with Crippen LogP contribution in [-0.2, 0) is 25.2 Å². The lowest BCUT2D eigenvalue weighted by Crippen LogP contribution is -2.78. The van der Waals surface area contributed by atoms with Crippen molar-refractivity contribution in [1.82, 2.24) is 15.4 Å². The molecule has 17 nitrogen and oxygen atoms in total. The largest absolute Gasteiger partial charge is 0.445 e. The van der Waals surface area contributed by atoms with Crippen molar-refractivity contribution in [2.75, 3.05) is 13.2 Å². The van der Waals surface area contributed by atoms with E-state index in [4.69, 9.17) is 16.0 Å². The van der Waals surface area contributed by atoms with Crippen LogP contribution >= 0.6 is 0 Å². The van der Waals surface area contributed by atoms with Crippen LogP contribution in [0.15, 0.2) is 4.99 Å². The number of hydrogen-bond donors (Lipinski definition) is 9. The number of carbonyl (C=O) groups excluding carboxylic acids is 1. The maximum Gasteiger partial charge on any atom is 0.422 e. The van der Waals surface area contributed by atoms with E-state index in [0.717, 1.165) is 9.30 Å². The molecule has 3 unspecified atom stereocenters. The molecule has 11 N–H and O–H groups in total. The zero-order chi connectivity index (χ0) is 22.0. The normalized spacial score (nSPS) is 33.1. The molecule has 19 heteroatoms. The summed E-state index contributed by atoms with van der Waals surface area (Å²) in [5.41, 5.74) is 9.32. The fourth-order valence-electron chi connectivity index (χ4n) is 3.71. The third-order valence-corrected chi connectivity index (χ3v) is 6.40. The molecule has 0 aromatic carbocycles. The van der Waals surface area contributed by atoms with Gasteiger partial charge in [-0.05, 0) is 0 Å². The van der Waals surface area contributed by atoms with E-state index in [9.17, 15) is 36.4 Å². The van der Waals surface area contributed by atoms with Crippen molar-refractivity contribution < 1.29 is 50.3 Å². The Morgan fingerprint density at radius 1 is 1.31 bits per heavy atom. The molecule has 3 aliphatic heterocycles. The molecule has 3 heterocycles. The Bertz CT molecular complexity index is 1020. The van der Waals surface area contributed by atoms with Gasteiger partial charge in [0.2, 0.25) is 11.4 Å². The van der Waals surface area contributed by atoms with Crippen LogP contribution in [-0.4, -0.2) is 101 Å². The molecule has 4 atom stereocenters. The summed E-state index contributed by atoms with van der Waals surface area (Å²) >= 11 is 0. The van der Waals surface area contributed by atoms with Gasteiger partial charge >= 0.3 is 22.4 Å². The lowest BCUT2D eigenvalue weighted by atomic mass is 9.87. The summed E-state index contributed by atoms with van der Waals surface area (Å²) in [4.78, 5) is 15.4. The van der Waals surface area contributed by atoms with Gasteiger partial charge in [-0.3, -0.25) is 20.2 Å². The number of rotatable bonds is 4. The Morgan fingerprint density at radius 3 is 2.48 bits per heavy atom. The lowest BCUT2D eigenvalue weighted by Gasteiger charge is -2.43. The third kappa shape index (κ3) is 3.30. The highest BCUT2D eigenvalue weighted by molar-refractivity contribution is 7.86. The van der Waals surface area contributed by atoms with Gasteiger partial charge in [-0.1, -0.05) is 0 Å². The third-order valence-electron chi connectivity index (χ3n) is 4.78. The highest BCUT2D eigenvalue weighted by Crippen LogP contribution is 2.43. The number of hydrogen-bond acceptors (Lipinski definition) is 13. The van der Waals surface area contributed by atoms with Crippen molar-refractivity contribution in [1.29, 1.82) is 0 Å². The quantitative estimate of drug-likeness (QED) is 0.107. The summed E-state index contributed by atoms with van der Waals surface area (Å²) in [6.45, 7) is -1.33. The smallest absolute Gasteiger partial charge is 0.422 e. The van der Waals surface area contributed by atoms with Gasteiger partial charge in [-0.2, -0.15) is 21.6 Å². The minimum absolute atomic E-state index is 0.305. The van der Waals surface area contributed by atoms with Crippen LogP contribution in [0.2, 0.25) is 0 Å². The molecule has 1 spiro atoms. The molecule has 29 heavy (non-hydrogen) atoms. The highest BCUT2D eigenvalue weighted by Gasteiger charge is 2.77. The summed E-state index contributed by atoms with van der Waals surface area (Å²) in [6.07, 6.45) is -1.56. The van der Waals surface area contributed by atoms with Crippen molar-refractivity contribution >= 4 is 38.4 Å². The van der Waals surface area contributed by atoms with E-state index < -0.39 is 68.5 Å². The number of aliphatic hydroxyl groups is 2. The van der Waals surface area contributed by atoms with Gasteiger partial charge in [-0.15, -0.1) is 0 Å². The summed E-state index contributed by atoms with van der Waals surface area (Å²) in [5.74, 6) is -3.81. The van der Waals surface area contributed by atoms with Gasteiger partial charge in [0.15, 0.2) is 17.3 Å². The molecule has 3 aliphatic rings. The molecule has 0 aromatic rings. The SMILES string of the molecule is NC1=NC2[C@H](COC(=O)NS(=O)(=O)O)NC(N)=[N+]3CC(S(=O)(=O)O)C(O)(O)C23N1. The Morgan fingerprint density at radius 2 is 1.93 bits per heavy atom. The molecule has 1 fully saturated rings. The summed E-state index contributed by atoms with van der Waals surface area (Å²) < 4.78 is 69.4. The Hall–Kier alpha value is -2.45. The lowest BCUT2D eigenvalue weighted by molar-refractivity contribution is -0.623. The second-order valence-electron chi connectivity index (χ2n) is 6.50. The average molecular weight is 460 g/mol. The summed E-state index contributed by atoms with van der Waals surface area (Å²) in [7, 11) is -9.87. The molecule has 164 valence electrons. The molecule has 0 radical (unpaired) electrons. The molecule has 0 bridgehead atoms. The number of nitrogens with one attached hydrogen (secondary N) is 3. The highest BCUT2D eigenvalue weighted by atomic mass is 32.2. The Labute approximate surface area is 163 Å². The van der Waals surface area contributed by atoms with Gasteiger partial charge in [0.05, 0.1) is 6.54 Å². The zero-order valence-electron chi connectivity index (χ0n) is 14.3. The average Bonchev–Trinajstić information content (AvgIpc) is 2.98. The first kappa shape index (κ1) is 21.3. The molecule has 0 aliphatic carbocycles. The van der Waals surface area contributed by atoms with Gasteiger partial charge in [0.25, 0.3) is 10.1 Å². The van der Waals surface area contributed by atoms with E-state index >= 15 is 0 Å². The van der Waals surface area contributed by atoms with Crippen molar-refractivity contribution in [3.8, 4) is 0 Å². The molecular formula is C10H18N7O10S2+. The standard InChI is InChI=1S/C10H17N7O10S2/c11-6-14-5-3(2-27-8(18)16-29(24,25)26)13-7(12)17-1-4(28(21,22)23)10(19,20)9(5,17)15-6/h3-5,19-20H,1-2H2,(H8,11,12,13,14,15,16,18,21,22,23,24,25,26)/p+1/t3-,4?,5?,9?/m0/s1. The Balaban J connectivity index is 1.97. The van der Waals surface area contributed by atoms with E-state index in [0.29, 0.717) is 0 Å². The first-order valence-corrected chi connectivity index (χ1v) is 10.6. The minimum Gasteiger partial charge on any atom is -0.445 e. The van der Waals surface area contributed by atoms with Crippen molar-refractivity contribution in [2.24, 2.45) is 16.5 Å². The monoisotopic (exact) mass is 460 g/mol. The minimum atomic E-state index is -4.98. The molecule has 3 rings (SSSR count). The predicted molar refractivity (Wildman–Crippen MR) is 91.1 cm³/mol. The van der Waals surface area contributed by atoms with Crippen molar-refractivity contribution in [3.05, 3.63) is 0 Å². The van der Waals surface area contributed by atoms with Crippen LogP contribution in [0.25, 0.3) is 0 Å². The van der Waals surface area contributed by atoms with Crippen molar-refractivity contribution in [2.45, 2.75) is 28.8 Å². The fourth-order valence-corrected chi connectivity index (χ4v) is 4.92. The van der Waals surface area contributed by atoms with E-state index in [2.05, 4.69) is 20.4 Å². The van der Waals surface area contributed by atoms with Gasteiger partial charge < -0.3 is 26.0 Å².